The molecule has 1 aliphatic rings. The molecule has 1 saturated carbocycles. The van der Waals surface area contributed by atoms with Gasteiger partial charge in [-0.15, -0.1) is 0 Å². The molecule has 2 rings (SSSR count). The third-order valence-electron chi connectivity index (χ3n) is 4.35. The van der Waals surface area contributed by atoms with Gasteiger partial charge in [0.1, 0.15) is 6.61 Å². The van der Waals surface area contributed by atoms with E-state index in [4.69, 9.17) is 15.2 Å². The number of nitrogens with one attached hydrogen (secondary N) is 1. The molecule has 1 fully saturated rings. The van der Waals surface area contributed by atoms with Gasteiger partial charge in [0.2, 0.25) is 5.91 Å². The maximum absolute atomic E-state index is 12.1. The first-order valence-electron chi connectivity index (χ1n) is 8.62. The smallest absolute Gasteiger partial charge is 0.244 e. The molecule has 0 radical (unpaired) electrons. The molecule has 0 unspecified atom stereocenters. The summed E-state index contributed by atoms with van der Waals surface area (Å²) in [5.74, 6) is 2.02. The first kappa shape index (κ1) is 18.3. The van der Waals surface area contributed by atoms with Crippen LogP contribution >= 0.6 is 0 Å². The second kappa shape index (κ2) is 9.33. The largest absolute Gasteiger partial charge is 0.493 e. The van der Waals surface area contributed by atoms with Crippen LogP contribution in [-0.2, 0) is 4.79 Å². The van der Waals surface area contributed by atoms with Crippen LogP contribution in [0.25, 0.3) is 6.08 Å². The fourth-order valence-corrected chi connectivity index (χ4v) is 2.90. The van der Waals surface area contributed by atoms with Crippen molar-refractivity contribution in [2.24, 2.45) is 11.7 Å². The number of hydrogen-bond donors (Lipinski definition) is 2. The van der Waals surface area contributed by atoms with E-state index in [1.165, 1.54) is 12.8 Å². The summed E-state index contributed by atoms with van der Waals surface area (Å²) < 4.78 is 10.8. The Morgan fingerprint density at radius 2 is 2.04 bits per heavy atom. The van der Waals surface area contributed by atoms with Gasteiger partial charge in [0, 0.05) is 18.7 Å². The van der Waals surface area contributed by atoms with E-state index < -0.39 is 0 Å². The zero-order valence-electron chi connectivity index (χ0n) is 14.6. The minimum Gasteiger partial charge on any atom is -0.493 e. The van der Waals surface area contributed by atoms with Gasteiger partial charge in [0.25, 0.3) is 0 Å². The molecule has 0 aliphatic heterocycles. The summed E-state index contributed by atoms with van der Waals surface area (Å²) in [5, 5.41) is 3.08. The summed E-state index contributed by atoms with van der Waals surface area (Å²) >= 11 is 0. The molecule has 0 aromatic heterocycles. The number of ether oxygens (including phenoxy) is 2. The Morgan fingerprint density at radius 1 is 1.29 bits per heavy atom. The lowest BCUT2D eigenvalue weighted by molar-refractivity contribution is -0.117. The standard InChI is InChI=1S/C19H28N2O3/c1-14-3-7-16(8-4-14)21-19(22)10-6-15-5-9-17(24-12-11-20)18(13-15)23-2/h5-6,9-10,13-14,16H,3-4,7-8,11-12,20H2,1-2H3,(H,21,22)/b10-6+/t14-,16-. The summed E-state index contributed by atoms with van der Waals surface area (Å²) in [6, 6.07) is 5.87. The van der Waals surface area contributed by atoms with Crippen molar-refractivity contribution in [3.8, 4) is 11.5 Å². The lowest BCUT2D eigenvalue weighted by atomic mass is 9.87. The highest BCUT2D eigenvalue weighted by molar-refractivity contribution is 5.92. The van der Waals surface area contributed by atoms with E-state index in [1.54, 1.807) is 19.3 Å². The van der Waals surface area contributed by atoms with Crippen molar-refractivity contribution in [3.63, 3.8) is 0 Å². The van der Waals surface area contributed by atoms with Crippen molar-refractivity contribution in [2.45, 2.75) is 38.6 Å². The number of nitrogens with two attached hydrogens (primary N) is 1. The summed E-state index contributed by atoms with van der Waals surface area (Å²) in [6.45, 7) is 3.16. The molecule has 0 saturated heterocycles. The quantitative estimate of drug-likeness (QED) is 0.753. The van der Waals surface area contributed by atoms with E-state index in [1.807, 2.05) is 18.2 Å². The van der Waals surface area contributed by atoms with E-state index in [2.05, 4.69) is 12.2 Å². The van der Waals surface area contributed by atoms with Crippen molar-refractivity contribution in [1.82, 2.24) is 5.32 Å². The normalized spacial score (nSPS) is 20.8. The summed E-state index contributed by atoms with van der Waals surface area (Å²) in [5.41, 5.74) is 6.33. The van der Waals surface area contributed by atoms with Crippen molar-refractivity contribution < 1.29 is 14.3 Å². The average molecular weight is 332 g/mol. The number of carbonyl (C=O) groups is 1. The van der Waals surface area contributed by atoms with Crippen molar-refractivity contribution >= 4 is 12.0 Å². The molecule has 1 aliphatic carbocycles. The predicted molar refractivity (Wildman–Crippen MR) is 96.1 cm³/mol. The SMILES string of the molecule is COc1cc(/C=C/C(=O)N[C@H]2CC[C@H](C)CC2)ccc1OCCN. The number of benzene rings is 1. The molecule has 0 atom stereocenters. The fraction of sp³-hybridized carbons (Fsp3) is 0.526. The Bertz CT molecular complexity index is 564. The van der Waals surface area contributed by atoms with E-state index >= 15 is 0 Å². The van der Waals surface area contributed by atoms with Gasteiger partial charge in [0.15, 0.2) is 11.5 Å². The topological polar surface area (TPSA) is 73.6 Å². The van der Waals surface area contributed by atoms with E-state index in [9.17, 15) is 4.79 Å². The molecule has 1 aromatic rings. The molecule has 0 bridgehead atoms. The van der Waals surface area contributed by atoms with E-state index in [-0.39, 0.29) is 5.91 Å². The summed E-state index contributed by atoms with van der Waals surface area (Å²) in [4.78, 5) is 12.1. The first-order chi connectivity index (χ1) is 11.6. The van der Waals surface area contributed by atoms with Gasteiger partial charge in [-0.25, -0.2) is 0 Å². The number of amides is 1. The lowest BCUT2D eigenvalue weighted by Gasteiger charge is -2.26. The van der Waals surface area contributed by atoms with Crippen LogP contribution in [0.2, 0.25) is 0 Å². The van der Waals surface area contributed by atoms with Crippen molar-refractivity contribution in [1.29, 1.82) is 0 Å². The van der Waals surface area contributed by atoms with E-state index in [0.29, 0.717) is 30.7 Å². The lowest BCUT2D eigenvalue weighted by Crippen LogP contribution is -2.36. The van der Waals surface area contributed by atoms with Gasteiger partial charge in [-0.1, -0.05) is 13.0 Å². The third kappa shape index (κ3) is 5.57. The molecule has 1 aromatic carbocycles. The first-order valence-corrected chi connectivity index (χ1v) is 8.62. The molecule has 0 spiro atoms. The molecular weight excluding hydrogens is 304 g/mol. The maximum atomic E-state index is 12.1. The van der Waals surface area contributed by atoms with Gasteiger partial charge in [0.05, 0.1) is 7.11 Å². The number of rotatable bonds is 7. The Kier molecular flexibility index (Phi) is 7.12. The number of hydrogen-bond acceptors (Lipinski definition) is 4. The minimum absolute atomic E-state index is 0.0445. The number of carbonyl (C=O) groups excluding carboxylic acids is 1. The summed E-state index contributed by atoms with van der Waals surface area (Å²) in [7, 11) is 1.59. The maximum Gasteiger partial charge on any atom is 0.244 e. The van der Waals surface area contributed by atoms with Crippen LogP contribution in [0.3, 0.4) is 0 Å². The third-order valence-corrected chi connectivity index (χ3v) is 4.35. The van der Waals surface area contributed by atoms with Crippen LogP contribution < -0.4 is 20.5 Å². The molecule has 3 N–H and O–H groups in total. The number of methoxy groups -OCH3 is 1. The minimum atomic E-state index is -0.0445. The Balaban J connectivity index is 1.91. The van der Waals surface area contributed by atoms with Crippen LogP contribution in [0.1, 0.15) is 38.2 Å². The molecule has 24 heavy (non-hydrogen) atoms. The molecule has 0 heterocycles. The van der Waals surface area contributed by atoms with Gasteiger partial charge in [-0.2, -0.15) is 0 Å². The van der Waals surface area contributed by atoms with Crippen LogP contribution in [0.5, 0.6) is 11.5 Å². The van der Waals surface area contributed by atoms with Crippen LogP contribution in [0.15, 0.2) is 24.3 Å². The van der Waals surface area contributed by atoms with Crippen LogP contribution in [0.4, 0.5) is 0 Å². The second-order valence-corrected chi connectivity index (χ2v) is 6.35. The highest BCUT2D eigenvalue weighted by Crippen LogP contribution is 2.28. The zero-order chi connectivity index (χ0) is 17.4. The Morgan fingerprint density at radius 3 is 2.71 bits per heavy atom. The van der Waals surface area contributed by atoms with Gasteiger partial charge < -0.3 is 20.5 Å². The highest BCUT2D eigenvalue weighted by atomic mass is 16.5. The Labute approximate surface area is 144 Å². The fourth-order valence-electron chi connectivity index (χ4n) is 2.90. The molecule has 5 heteroatoms. The zero-order valence-corrected chi connectivity index (χ0v) is 14.6. The van der Waals surface area contributed by atoms with Crippen LogP contribution in [0, 0.1) is 5.92 Å². The molecule has 5 nitrogen and oxygen atoms in total. The van der Waals surface area contributed by atoms with E-state index in [0.717, 1.165) is 24.3 Å². The highest BCUT2D eigenvalue weighted by Gasteiger charge is 2.18. The average Bonchev–Trinajstić information content (AvgIpc) is 2.60. The monoisotopic (exact) mass is 332 g/mol. The van der Waals surface area contributed by atoms with Gasteiger partial charge in [-0.3, -0.25) is 4.79 Å². The molecule has 1 amide bonds. The van der Waals surface area contributed by atoms with Gasteiger partial charge >= 0.3 is 0 Å². The van der Waals surface area contributed by atoms with Gasteiger partial charge in [-0.05, 0) is 55.4 Å². The Hall–Kier alpha value is -2.01. The summed E-state index contributed by atoms with van der Waals surface area (Å²) in [6.07, 6.45) is 7.89. The predicted octanol–water partition coefficient (Wildman–Crippen LogP) is 2.74. The second-order valence-electron chi connectivity index (χ2n) is 6.35. The van der Waals surface area contributed by atoms with Crippen LogP contribution in [-0.4, -0.2) is 32.2 Å². The molecule has 132 valence electrons. The molecular formula is C19H28N2O3. The van der Waals surface area contributed by atoms with Crippen molar-refractivity contribution in [2.75, 3.05) is 20.3 Å². The van der Waals surface area contributed by atoms with Crippen molar-refractivity contribution in [3.05, 3.63) is 29.8 Å².